The number of amides is 2. The van der Waals surface area contributed by atoms with Crippen molar-refractivity contribution in [2.45, 2.75) is 40.0 Å². The Kier molecular flexibility index (Phi) is 5.64. The van der Waals surface area contributed by atoms with Crippen molar-refractivity contribution in [2.75, 3.05) is 22.9 Å². The van der Waals surface area contributed by atoms with Crippen molar-refractivity contribution in [2.24, 2.45) is 5.92 Å². The van der Waals surface area contributed by atoms with E-state index < -0.39 is 0 Å². The molecule has 0 N–H and O–H groups in total. The van der Waals surface area contributed by atoms with Crippen LogP contribution in [0.4, 0.5) is 11.4 Å². The molecule has 142 valence electrons. The summed E-state index contributed by atoms with van der Waals surface area (Å²) in [5.74, 6) is 0.0732. The van der Waals surface area contributed by atoms with Gasteiger partial charge in [-0.2, -0.15) is 0 Å². The standard InChI is InChI=1S/C23H28N2O2/c1-5-24(19-10-8-9-17(4)13-19)23(27)18-14-22(26)25(15-18)21-12-7-6-11-20(21)16(2)3/h6-13,16,18H,5,14-15H2,1-4H3. The first-order valence-corrected chi connectivity index (χ1v) is 9.69. The molecular weight excluding hydrogens is 336 g/mol. The molecule has 27 heavy (non-hydrogen) atoms. The van der Waals surface area contributed by atoms with Gasteiger partial charge < -0.3 is 9.80 Å². The minimum atomic E-state index is -0.307. The van der Waals surface area contributed by atoms with Gasteiger partial charge >= 0.3 is 0 Å². The predicted octanol–water partition coefficient (Wildman–Crippen LogP) is 4.52. The van der Waals surface area contributed by atoms with Crippen molar-refractivity contribution in [3.63, 3.8) is 0 Å². The smallest absolute Gasteiger partial charge is 0.232 e. The lowest BCUT2D eigenvalue weighted by atomic mass is 10.0. The van der Waals surface area contributed by atoms with Crippen molar-refractivity contribution in [1.82, 2.24) is 0 Å². The molecule has 2 aromatic rings. The van der Waals surface area contributed by atoms with E-state index in [9.17, 15) is 9.59 Å². The Bertz CT molecular complexity index is 844. The largest absolute Gasteiger partial charge is 0.312 e. The van der Waals surface area contributed by atoms with Gasteiger partial charge in [0.2, 0.25) is 11.8 Å². The Balaban J connectivity index is 1.83. The molecule has 1 fully saturated rings. The Labute approximate surface area is 161 Å². The van der Waals surface area contributed by atoms with E-state index in [1.165, 1.54) is 0 Å². The van der Waals surface area contributed by atoms with Gasteiger partial charge in [-0.05, 0) is 49.1 Å². The molecule has 0 saturated carbocycles. The second-order valence-corrected chi connectivity index (χ2v) is 7.54. The molecule has 4 nitrogen and oxygen atoms in total. The average Bonchev–Trinajstić information content (AvgIpc) is 3.04. The van der Waals surface area contributed by atoms with Gasteiger partial charge in [0.25, 0.3) is 0 Å². The lowest BCUT2D eigenvalue weighted by Gasteiger charge is -2.25. The molecule has 0 spiro atoms. The van der Waals surface area contributed by atoms with Crippen LogP contribution in [-0.4, -0.2) is 24.9 Å². The van der Waals surface area contributed by atoms with Crippen molar-refractivity contribution < 1.29 is 9.59 Å². The van der Waals surface area contributed by atoms with Gasteiger partial charge in [0, 0.05) is 30.9 Å². The quantitative estimate of drug-likeness (QED) is 0.782. The molecule has 1 atom stereocenters. The molecule has 0 aliphatic carbocycles. The van der Waals surface area contributed by atoms with Crippen LogP contribution in [0.15, 0.2) is 48.5 Å². The molecule has 1 aliphatic rings. The molecular formula is C23H28N2O2. The fourth-order valence-corrected chi connectivity index (χ4v) is 3.81. The van der Waals surface area contributed by atoms with E-state index >= 15 is 0 Å². The minimum Gasteiger partial charge on any atom is -0.312 e. The summed E-state index contributed by atoms with van der Waals surface area (Å²) in [6.07, 6.45) is 0.271. The van der Waals surface area contributed by atoms with Crippen LogP contribution in [0.25, 0.3) is 0 Å². The Hall–Kier alpha value is -2.62. The van der Waals surface area contributed by atoms with Gasteiger partial charge in [0.05, 0.1) is 5.92 Å². The molecule has 3 rings (SSSR count). The van der Waals surface area contributed by atoms with Gasteiger partial charge in [-0.15, -0.1) is 0 Å². The number of hydrogen-bond donors (Lipinski definition) is 0. The highest BCUT2D eigenvalue weighted by molar-refractivity contribution is 6.04. The molecule has 1 saturated heterocycles. The van der Waals surface area contributed by atoms with E-state index in [0.717, 1.165) is 22.5 Å². The highest BCUT2D eigenvalue weighted by Crippen LogP contribution is 2.33. The highest BCUT2D eigenvalue weighted by Gasteiger charge is 2.38. The van der Waals surface area contributed by atoms with E-state index in [1.807, 2.05) is 56.3 Å². The molecule has 2 amide bonds. The SMILES string of the molecule is CCN(C(=O)C1CC(=O)N(c2ccccc2C(C)C)C1)c1cccc(C)c1. The molecule has 1 heterocycles. The maximum Gasteiger partial charge on any atom is 0.232 e. The van der Waals surface area contributed by atoms with Crippen LogP contribution in [0.1, 0.15) is 44.2 Å². The van der Waals surface area contributed by atoms with E-state index in [-0.39, 0.29) is 24.2 Å². The molecule has 2 aromatic carbocycles. The zero-order valence-electron chi connectivity index (χ0n) is 16.6. The van der Waals surface area contributed by atoms with Crippen molar-refractivity contribution in [3.05, 3.63) is 59.7 Å². The summed E-state index contributed by atoms with van der Waals surface area (Å²) in [4.78, 5) is 29.5. The molecule has 0 aromatic heterocycles. The predicted molar refractivity (Wildman–Crippen MR) is 110 cm³/mol. The maximum absolute atomic E-state index is 13.2. The van der Waals surface area contributed by atoms with Gasteiger partial charge in [0.15, 0.2) is 0 Å². The number of carbonyl (C=O) groups excluding carboxylic acids is 2. The average molecular weight is 364 g/mol. The van der Waals surface area contributed by atoms with E-state index in [4.69, 9.17) is 0 Å². The van der Waals surface area contributed by atoms with Gasteiger partial charge in [-0.3, -0.25) is 9.59 Å². The lowest BCUT2D eigenvalue weighted by molar-refractivity contribution is -0.124. The van der Waals surface area contributed by atoms with Crippen LogP contribution in [0.3, 0.4) is 0 Å². The third kappa shape index (κ3) is 3.90. The maximum atomic E-state index is 13.2. The first-order chi connectivity index (χ1) is 12.9. The fourth-order valence-electron chi connectivity index (χ4n) is 3.81. The molecule has 1 unspecified atom stereocenters. The van der Waals surface area contributed by atoms with Crippen LogP contribution < -0.4 is 9.80 Å². The van der Waals surface area contributed by atoms with Gasteiger partial charge in [-0.25, -0.2) is 0 Å². The minimum absolute atomic E-state index is 0.0287. The molecule has 0 radical (unpaired) electrons. The van der Waals surface area contributed by atoms with E-state index in [0.29, 0.717) is 19.0 Å². The molecule has 0 bridgehead atoms. The first-order valence-electron chi connectivity index (χ1n) is 9.69. The zero-order chi connectivity index (χ0) is 19.6. The summed E-state index contributed by atoms with van der Waals surface area (Å²) < 4.78 is 0. The third-order valence-electron chi connectivity index (χ3n) is 5.22. The number of nitrogens with zero attached hydrogens (tertiary/aromatic N) is 2. The van der Waals surface area contributed by atoms with Crippen LogP contribution in [0.5, 0.6) is 0 Å². The van der Waals surface area contributed by atoms with Crippen molar-refractivity contribution in [1.29, 1.82) is 0 Å². The summed E-state index contributed by atoms with van der Waals surface area (Å²) in [5, 5.41) is 0. The second-order valence-electron chi connectivity index (χ2n) is 7.54. The van der Waals surface area contributed by atoms with Crippen LogP contribution >= 0.6 is 0 Å². The second kappa shape index (κ2) is 7.95. The van der Waals surface area contributed by atoms with Crippen LogP contribution in [0.2, 0.25) is 0 Å². The van der Waals surface area contributed by atoms with Crippen molar-refractivity contribution >= 4 is 23.2 Å². The Morgan fingerprint density at radius 3 is 2.59 bits per heavy atom. The number of aryl methyl sites for hydroxylation is 1. The number of carbonyl (C=O) groups is 2. The van der Waals surface area contributed by atoms with Gasteiger partial charge in [-0.1, -0.05) is 44.2 Å². The summed E-state index contributed by atoms with van der Waals surface area (Å²) in [7, 11) is 0. The summed E-state index contributed by atoms with van der Waals surface area (Å²) in [6, 6.07) is 16.0. The van der Waals surface area contributed by atoms with Crippen molar-refractivity contribution in [3.8, 4) is 0 Å². The summed E-state index contributed by atoms with van der Waals surface area (Å²) >= 11 is 0. The topological polar surface area (TPSA) is 40.6 Å². The van der Waals surface area contributed by atoms with E-state index in [1.54, 1.807) is 9.80 Å². The molecule has 4 heteroatoms. The summed E-state index contributed by atoms with van der Waals surface area (Å²) in [6.45, 7) is 9.28. The van der Waals surface area contributed by atoms with Crippen LogP contribution in [-0.2, 0) is 9.59 Å². The fraction of sp³-hybridized carbons (Fsp3) is 0.391. The number of benzene rings is 2. The normalized spacial score (nSPS) is 16.9. The third-order valence-corrected chi connectivity index (χ3v) is 5.22. The monoisotopic (exact) mass is 364 g/mol. The number of anilines is 2. The Morgan fingerprint density at radius 1 is 1.19 bits per heavy atom. The molecule has 1 aliphatic heterocycles. The zero-order valence-corrected chi connectivity index (χ0v) is 16.6. The summed E-state index contributed by atoms with van der Waals surface area (Å²) in [5.41, 5.74) is 4.10. The number of rotatable bonds is 5. The van der Waals surface area contributed by atoms with E-state index in [2.05, 4.69) is 19.9 Å². The van der Waals surface area contributed by atoms with Gasteiger partial charge in [0.1, 0.15) is 0 Å². The highest BCUT2D eigenvalue weighted by atomic mass is 16.2. The first kappa shape index (κ1) is 19.2. The lowest BCUT2D eigenvalue weighted by Crippen LogP contribution is -2.37. The number of para-hydroxylation sites is 1. The number of hydrogen-bond acceptors (Lipinski definition) is 2. The Morgan fingerprint density at radius 2 is 1.93 bits per heavy atom. The van der Waals surface area contributed by atoms with Crippen LogP contribution in [0, 0.1) is 12.8 Å².